The molecule has 1 N–H and O–H groups in total. The molecule has 128 valence electrons. The lowest BCUT2D eigenvalue weighted by Crippen LogP contribution is -2.40. The van der Waals surface area contributed by atoms with Crippen LogP contribution in [0.1, 0.15) is 43.4 Å². The van der Waals surface area contributed by atoms with Crippen molar-refractivity contribution in [1.29, 1.82) is 0 Å². The fourth-order valence-electron chi connectivity index (χ4n) is 4.47. The van der Waals surface area contributed by atoms with Gasteiger partial charge in [0.2, 0.25) is 5.91 Å². The third kappa shape index (κ3) is 3.23. The second-order valence-electron chi connectivity index (χ2n) is 7.70. The van der Waals surface area contributed by atoms with Crippen molar-refractivity contribution in [1.82, 2.24) is 4.90 Å². The minimum atomic E-state index is 0.100. The maximum atomic E-state index is 12.6. The van der Waals surface area contributed by atoms with Gasteiger partial charge < -0.3 is 5.32 Å². The standard InChI is InChI=1S/C21H25BN2O/c1-14-7-9-17(11-14)24-13-20(25)23-19-10-8-16(22)12-18(19)21(24)15-5-3-2-4-6-15/h2-6,8,10,12,14,17,21H,7,9,11,13,22H2,1H3,(H,23,25). The maximum Gasteiger partial charge on any atom is 0.238 e. The van der Waals surface area contributed by atoms with E-state index in [4.69, 9.17) is 0 Å². The molecule has 0 bridgehead atoms. The summed E-state index contributed by atoms with van der Waals surface area (Å²) in [5.41, 5.74) is 4.68. The van der Waals surface area contributed by atoms with Crippen LogP contribution in [-0.2, 0) is 4.79 Å². The first-order valence-electron chi connectivity index (χ1n) is 9.33. The Labute approximate surface area is 150 Å². The van der Waals surface area contributed by atoms with Crippen LogP contribution < -0.4 is 10.8 Å². The predicted molar refractivity (Wildman–Crippen MR) is 105 cm³/mol. The van der Waals surface area contributed by atoms with Crippen LogP contribution in [0.25, 0.3) is 0 Å². The molecule has 0 spiro atoms. The van der Waals surface area contributed by atoms with Gasteiger partial charge in [0.25, 0.3) is 0 Å². The first kappa shape index (κ1) is 16.4. The monoisotopic (exact) mass is 332 g/mol. The van der Waals surface area contributed by atoms with Gasteiger partial charge in [-0.1, -0.05) is 54.9 Å². The molecular weight excluding hydrogens is 307 g/mol. The van der Waals surface area contributed by atoms with E-state index >= 15 is 0 Å². The van der Waals surface area contributed by atoms with Crippen LogP contribution in [-0.4, -0.2) is 31.2 Å². The number of carbonyl (C=O) groups is 1. The minimum absolute atomic E-state index is 0.100. The predicted octanol–water partition coefficient (Wildman–Crippen LogP) is 2.48. The van der Waals surface area contributed by atoms with Gasteiger partial charge in [-0.3, -0.25) is 9.69 Å². The summed E-state index contributed by atoms with van der Waals surface area (Å²) < 4.78 is 0. The summed E-state index contributed by atoms with van der Waals surface area (Å²) in [5, 5.41) is 3.13. The van der Waals surface area contributed by atoms with Crippen LogP contribution >= 0.6 is 0 Å². The summed E-state index contributed by atoms with van der Waals surface area (Å²) in [7, 11) is 2.12. The zero-order chi connectivity index (χ0) is 17.4. The lowest BCUT2D eigenvalue weighted by molar-refractivity contribution is -0.118. The molecule has 4 rings (SSSR count). The van der Waals surface area contributed by atoms with E-state index < -0.39 is 0 Å². The molecule has 0 radical (unpaired) electrons. The van der Waals surface area contributed by atoms with Gasteiger partial charge >= 0.3 is 0 Å². The largest absolute Gasteiger partial charge is 0.325 e. The molecule has 1 aliphatic carbocycles. The van der Waals surface area contributed by atoms with Gasteiger partial charge in [-0.25, -0.2) is 0 Å². The highest BCUT2D eigenvalue weighted by molar-refractivity contribution is 6.32. The Morgan fingerprint density at radius 1 is 1.12 bits per heavy atom. The Morgan fingerprint density at radius 3 is 2.64 bits per heavy atom. The van der Waals surface area contributed by atoms with Crippen molar-refractivity contribution in [3.05, 3.63) is 59.7 Å². The Morgan fingerprint density at radius 2 is 1.92 bits per heavy atom. The SMILES string of the molecule is Bc1ccc2c(c1)C(c1ccccc1)N(C1CCC(C)C1)CC(=O)N2. The summed E-state index contributed by atoms with van der Waals surface area (Å²) >= 11 is 0. The highest BCUT2D eigenvalue weighted by Crippen LogP contribution is 2.40. The number of fused-ring (bicyclic) bond motifs is 1. The topological polar surface area (TPSA) is 32.3 Å². The lowest BCUT2D eigenvalue weighted by Gasteiger charge is -2.35. The van der Waals surface area contributed by atoms with Crippen LogP contribution in [0, 0.1) is 5.92 Å². The number of rotatable bonds is 2. The van der Waals surface area contributed by atoms with Gasteiger partial charge in [0.05, 0.1) is 12.6 Å². The molecule has 3 nitrogen and oxygen atoms in total. The highest BCUT2D eigenvalue weighted by atomic mass is 16.2. The summed E-state index contributed by atoms with van der Waals surface area (Å²) in [6.45, 7) is 2.79. The number of amides is 1. The van der Waals surface area contributed by atoms with Crippen molar-refractivity contribution in [2.45, 2.75) is 38.3 Å². The van der Waals surface area contributed by atoms with Gasteiger partial charge in [0.15, 0.2) is 0 Å². The second-order valence-corrected chi connectivity index (χ2v) is 7.70. The van der Waals surface area contributed by atoms with Gasteiger partial charge in [0.1, 0.15) is 7.85 Å². The summed E-state index contributed by atoms with van der Waals surface area (Å²) in [5.74, 6) is 0.841. The number of nitrogens with one attached hydrogen (secondary N) is 1. The van der Waals surface area contributed by atoms with Crippen molar-refractivity contribution < 1.29 is 4.79 Å². The number of hydrogen-bond donors (Lipinski definition) is 1. The Kier molecular flexibility index (Phi) is 4.38. The van der Waals surface area contributed by atoms with Crippen molar-refractivity contribution >= 4 is 24.9 Å². The van der Waals surface area contributed by atoms with Crippen molar-refractivity contribution in [3.8, 4) is 0 Å². The third-order valence-corrected chi connectivity index (χ3v) is 5.69. The summed E-state index contributed by atoms with van der Waals surface area (Å²) in [6, 6.07) is 17.6. The molecule has 0 aromatic heterocycles. The Balaban J connectivity index is 1.85. The first-order valence-corrected chi connectivity index (χ1v) is 9.33. The molecule has 1 amide bonds. The molecule has 0 saturated heterocycles. The smallest absolute Gasteiger partial charge is 0.238 e. The molecular formula is C21H25BN2O. The normalized spacial score (nSPS) is 26.8. The zero-order valence-electron chi connectivity index (χ0n) is 15.0. The molecule has 1 fully saturated rings. The fourth-order valence-corrected chi connectivity index (χ4v) is 4.47. The molecule has 1 saturated carbocycles. The average Bonchev–Trinajstić information content (AvgIpc) is 2.97. The Hall–Kier alpha value is -2.07. The van der Waals surface area contributed by atoms with E-state index in [1.807, 2.05) is 0 Å². The van der Waals surface area contributed by atoms with Gasteiger partial charge in [-0.15, -0.1) is 0 Å². The zero-order valence-corrected chi connectivity index (χ0v) is 15.0. The maximum absolute atomic E-state index is 12.6. The highest BCUT2D eigenvalue weighted by Gasteiger charge is 2.37. The van der Waals surface area contributed by atoms with E-state index in [2.05, 4.69) is 73.5 Å². The van der Waals surface area contributed by atoms with Crippen LogP contribution in [0.2, 0.25) is 0 Å². The van der Waals surface area contributed by atoms with E-state index in [0.717, 1.165) is 11.6 Å². The van der Waals surface area contributed by atoms with Crippen LogP contribution in [0.5, 0.6) is 0 Å². The number of anilines is 1. The van der Waals surface area contributed by atoms with Gasteiger partial charge in [-0.2, -0.15) is 0 Å². The molecule has 2 aliphatic rings. The number of carbonyl (C=O) groups excluding carboxylic acids is 1. The average molecular weight is 332 g/mol. The lowest BCUT2D eigenvalue weighted by atomic mass is 9.88. The van der Waals surface area contributed by atoms with E-state index in [9.17, 15) is 4.79 Å². The van der Waals surface area contributed by atoms with Crippen molar-refractivity contribution in [3.63, 3.8) is 0 Å². The number of benzene rings is 2. The third-order valence-electron chi connectivity index (χ3n) is 5.69. The molecule has 1 aliphatic heterocycles. The molecule has 4 heteroatoms. The second kappa shape index (κ2) is 6.68. The van der Waals surface area contributed by atoms with Crippen LogP contribution in [0.3, 0.4) is 0 Å². The van der Waals surface area contributed by atoms with E-state index in [1.54, 1.807) is 0 Å². The quantitative estimate of drug-likeness (QED) is 0.857. The molecule has 25 heavy (non-hydrogen) atoms. The van der Waals surface area contributed by atoms with Crippen LogP contribution in [0.15, 0.2) is 48.5 Å². The van der Waals surface area contributed by atoms with E-state index in [-0.39, 0.29) is 11.9 Å². The first-order chi connectivity index (χ1) is 12.1. The summed E-state index contributed by atoms with van der Waals surface area (Å²) in [4.78, 5) is 15.0. The number of nitrogens with zero attached hydrogens (tertiary/aromatic N) is 1. The Bertz CT molecular complexity index is 777. The number of hydrogen-bond acceptors (Lipinski definition) is 2. The molecule has 1 heterocycles. The van der Waals surface area contributed by atoms with Crippen molar-refractivity contribution in [2.75, 3.05) is 11.9 Å². The van der Waals surface area contributed by atoms with E-state index in [1.165, 1.54) is 35.9 Å². The minimum Gasteiger partial charge on any atom is -0.325 e. The van der Waals surface area contributed by atoms with E-state index in [0.29, 0.717) is 12.6 Å². The van der Waals surface area contributed by atoms with Crippen LogP contribution in [0.4, 0.5) is 5.69 Å². The fraction of sp³-hybridized carbons (Fsp3) is 0.381. The summed E-state index contributed by atoms with van der Waals surface area (Å²) in [6.07, 6.45) is 3.61. The molecule has 3 atom stereocenters. The molecule has 2 aromatic rings. The molecule has 3 unspecified atom stereocenters. The van der Waals surface area contributed by atoms with Gasteiger partial charge in [-0.05, 0) is 42.4 Å². The molecule has 2 aromatic carbocycles. The van der Waals surface area contributed by atoms with Gasteiger partial charge in [0, 0.05) is 11.7 Å². The van der Waals surface area contributed by atoms with Crippen molar-refractivity contribution in [2.24, 2.45) is 5.92 Å².